The van der Waals surface area contributed by atoms with Crippen molar-refractivity contribution in [1.29, 1.82) is 0 Å². The number of hydrogen-bond donors (Lipinski definition) is 2. The second-order valence-electron chi connectivity index (χ2n) is 4.53. The molecule has 3 N–H and O–H groups in total. The summed E-state index contributed by atoms with van der Waals surface area (Å²) in [7, 11) is 1.31. The Morgan fingerprint density at radius 2 is 2.40 bits per heavy atom. The number of methoxy groups -OCH3 is 1. The van der Waals surface area contributed by atoms with Gasteiger partial charge in [-0.05, 0) is 6.42 Å². The quantitative estimate of drug-likeness (QED) is 0.717. The number of hydrogen-bond acceptors (Lipinski definition) is 6. The van der Waals surface area contributed by atoms with Gasteiger partial charge in [-0.1, -0.05) is 5.21 Å². The first-order chi connectivity index (χ1) is 9.63. The monoisotopic (exact) mass is 282 g/mol. The highest BCUT2D eigenvalue weighted by atomic mass is 16.5. The zero-order valence-corrected chi connectivity index (χ0v) is 11.3. The maximum Gasteiger partial charge on any atom is 0.407 e. The number of rotatable bonds is 4. The summed E-state index contributed by atoms with van der Waals surface area (Å²) in [5, 5.41) is 10.3. The van der Waals surface area contributed by atoms with Gasteiger partial charge < -0.3 is 20.7 Å². The van der Waals surface area contributed by atoms with E-state index in [-0.39, 0.29) is 17.6 Å². The van der Waals surface area contributed by atoms with E-state index < -0.39 is 6.09 Å². The summed E-state index contributed by atoms with van der Waals surface area (Å²) >= 11 is 0. The molecule has 9 nitrogen and oxygen atoms in total. The lowest BCUT2D eigenvalue weighted by Gasteiger charge is -2.15. The van der Waals surface area contributed by atoms with E-state index in [1.165, 1.54) is 11.8 Å². The van der Waals surface area contributed by atoms with E-state index >= 15 is 0 Å². The van der Waals surface area contributed by atoms with E-state index in [1.807, 2.05) is 0 Å². The number of alkyl carbamates (subject to hydrolysis) is 1. The van der Waals surface area contributed by atoms with Crippen molar-refractivity contribution in [2.24, 2.45) is 5.73 Å². The van der Waals surface area contributed by atoms with Crippen molar-refractivity contribution in [3.05, 3.63) is 11.9 Å². The fraction of sp³-hybridized carbons (Fsp3) is 0.636. The molecule has 110 valence electrons. The molecule has 0 bridgehead atoms. The van der Waals surface area contributed by atoms with Crippen LogP contribution in [-0.2, 0) is 11.3 Å². The smallest absolute Gasteiger partial charge is 0.407 e. The third kappa shape index (κ3) is 3.23. The fourth-order valence-corrected chi connectivity index (χ4v) is 2.09. The van der Waals surface area contributed by atoms with Gasteiger partial charge in [0, 0.05) is 19.6 Å². The predicted molar refractivity (Wildman–Crippen MR) is 68.9 cm³/mol. The average molecular weight is 282 g/mol. The van der Waals surface area contributed by atoms with Gasteiger partial charge in [-0.25, -0.2) is 4.79 Å². The minimum absolute atomic E-state index is 0.0921. The van der Waals surface area contributed by atoms with Crippen molar-refractivity contribution in [2.75, 3.05) is 26.7 Å². The minimum Gasteiger partial charge on any atom is -0.453 e. The van der Waals surface area contributed by atoms with Gasteiger partial charge in [0.2, 0.25) is 0 Å². The molecule has 20 heavy (non-hydrogen) atoms. The predicted octanol–water partition coefficient (Wildman–Crippen LogP) is -1.19. The summed E-state index contributed by atoms with van der Waals surface area (Å²) in [6, 6.07) is -0.0921. The molecule has 1 aromatic rings. The Kier molecular flexibility index (Phi) is 4.51. The number of ether oxygens (including phenoxy) is 1. The topological polar surface area (TPSA) is 115 Å². The van der Waals surface area contributed by atoms with Crippen molar-refractivity contribution in [1.82, 2.24) is 25.2 Å². The molecule has 1 aromatic heterocycles. The van der Waals surface area contributed by atoms with Gasteiger partial charge in [0.1, 0.15) is 0 Å². The van der Waals surface area contributed by atoms with Crippen molar-refractivity contribution in [3.8, 4) is 0 Å². The summed E-state index contributed by atoms with van der Waals surface area (Å²) in [5.74, 6) is -0.192. The Morgan fingerprint density at radius 1 is 1.60 bits per heavy atom. The van der Waals surface area contributed by atoms with Gasteiger partial charge in [-0.15, -0.1) is 5.10 Å². The first-order valence-corrected chi connectivity index (χ1v) is 6.38. The molecular formula is C11H18N6O3. The van der Waals surface area contributed by atoms with Crippen LogP contribution in [0.1, 0.15) is 16.9 Å². The number of carbonyl (C=O) groups is 2. The van der Waals surface area contributed by atoms with Crippen LogP contribution in [0.25, 0.3) is 0 Å². The number of carbonyl (C=O) groups excluding carboxylic acids is 2. The molecule has 1 atom stereocenters. The number of nitrogens with two attached hydrogens (primary N) is 1. The Morgan fingerprint density at radius 3 is 3.10 bits per heavy atom. The van der Waals surface area contributed by atoms with Gasteiger partial charge in [-0.2, -0.15) is 0 Å². The normalized spacial score (nSPS) is 18.1. The Bertz CT molecular complexity index is 488. The lowest BCUT2D eigenvalue weighted by molar-refractivity contribution is 0.0782. The molecule has 1 unspecified atom stereocenters. The summed E-state index contributed by atoms with van der Waals surface area (Å²) in [5.41, 5.74) is 5.70. The van der Waals surface area contributed by atoms with Gasteiger partial charge in [0.25, 0.3) is 5.91 Å². The Hall–Kier alpha value is -2.16. The van der Waals surface area contributed by atoms with Crippen molar-refractivity contribution in [3.63, 3.8) is 0 Å². The van der Waals surface area contributed by atoms with Crippen LogP contribution in [0.15, 0.2) is 6.20 Å². The van der Waals surface area contributed by atoms with Gasteiger partial charge in [0.05, 0.1) is 25.9 Å². The highest BCUT2D eigenvalue weighted by Gasteiger charge is 2.29. The van der Waals surface area contributed by atoms with Gasteiger partial charge in [-0.3, -0.25) is 9.48 Å². The molecule has 0 spiro atoms. The lowest BCUT2D eigenvalue weighted by atomic mass is 10.3. The molecule has 0 aliphatic carbocycles. The SMILES string of the molecule is COC(=O)NC1CCN(C(=O)c2cn(CCN)nn2)C1. The third-order valence-corrected chi connectivity index (χ3v) is 3.10. The Balaban J connectivity index is 1.91. The molecule has 2 heterocycles. The first kappa shape index (κ1) is 14.3. The highest BCUT2D eigenvalue weighted by Crippen LogP contribution is 2.12. The van der Waals surface area contributed by atoms with Crippen LogP contribution < -0.4 is 11.1 Å². The van der Waals surface area contributed by atoms with Gasteiger partial charge >= 0.3 is 6.09 Å². The molecule has 1 aliphatic rings. The average Bonchev–Trinajstić information content (AvgIpc) is 3.08. The number of amides is 2. The molecular weight excluding hydrogens is 264 g/mol. The maximum absolute atomic E-state index is 12.2. The van der Waals surface area contributed by atoms with E-state index in [0.29, 0.717) is 32.6 Å². The summed E-state index contributed by atoms with van der Waals surface area (Å²) in [6.45, 7) is 1.97. The van der Waals surface area contributed by atoms with E-state index in [0.717, 1.165) is 0 Å². The number of nitrogens with zero attached hydrogens (tertiary/aromatic N) is 4. The summed E-state index contributed by atoms with van der Waals surface area (Å²) in [4.78, 5) is 25.0. The zero-order chi connectivity index (χ0) is 14.5. The van der Waals surface area contributed by atoms with E-state index in [9.17, 15) is 9.59 Å². The molecule has 0 saturated carbocycles. The van der Waals surface area contributed by atoms with Crippen LogP contribution in [0.5, 0.6) is 0 Å². The van der Waals surface area contributed by atoms with Gasteiger partial charge in [0.15, 0.2) is 5.69 Å². The molecule has 1 fully saturated rings. The molecule has 0 radical (unpaired) electrons. The van der Waals surface area contributed by atoms with Crippen molar-refractivity contribution in [2.45, 2.75) is 19.0 Å². The van der Waals surface area contributed by atoms with Crippen LogP contribution in [0.3, 0.4) is 0 Å². The number of aromatic nitrogens is 3. The van der Waals surface area contributed by atoms with E-state index in [1.54, 1.807) is 11.1 Å². The molecule has 1 aliphatic heterocycles. The number of likely N-dealkylation sites (tertiary alicyclic amines) is 1. The highest BCUT2D eigenvalue weighted by molar-refractivity contribution is 5.92. The summed E-state index contributed by atoms with van der Waals surface area (Å²) < 4.78 is 6.07. The largest absolute Gasteiger partial charge is 0.453 e. The lowest BCUT2D eigenvalue weighted by Crippen LogP contribution is -2.38. The summed E-state index contributed by atoms with van der Waals surface area (Å²) in [6.07, 6.45) is 1.78. The molecule has 2 rings (SSSR count). The zero-order valence-electron chi connectivity index (χ0n) is 11.3. The van der Waals surface area contributed by atoms with E-state index in [4.69, 9.17) is 5.73 Å². The Labute approximate surface area is 116 Å². The van der Waals surface area contributed by atoms with Crippen LogP contribution in [0.2, 0.25) is 0 Å². The van der Waals surface area contributed by atoms with Crippen molar-refractivity contribution >= 4 is 12.0 Å². The van der Waals surface area contributed by atoms with Crippen LogP contribution in [0, 0.1) is 0 Å². The third-order valence-electron chi connectivity index (χ3n) is 3.10. The second kappa shape index (κ2) is 6.33. The van der Waals surface area contributed by atoms with Crippen LogP contribution >= 0.6 is 0 Å². The minimum atomic E-state index is -0.488. The molecule has 2 amide bonds. The van der Waals surface area contributed by atoms with Crippen molar-refractivity contribution < 1.29 is 14.3 Å². The van der Waals surface area contributed by atoms with E-state index in [2.05, 4.69) is 20.4 Å². The molecule has 0 aromatic carbocycles. The molecule has 9 heteroatoms. The number of nitrogens with one attached hydrogen (secondary N) is 1. The molecule has 1 saturated heterocycles. The van der Waals surface area contributed by atoms with Crippen LogP contribution in [-0.4, -0.2) is 64.7 Å². The first-order valence-electron chi connectivity index (χ1n) is 6.38. The fourth-order valence-electron chi connectivity index (χ4n) is 2.09. The second-order valence-corrected chi connectivity index (χ2v) is 4.53. The standard InChI is InChI=1S/C11H18N6O3/c1-20-11(19)13-8-2-4-16(6-8)10(18)9-7-17(5-3-12)15-14-9/h7-8H,2-6,12H2,1H3,(H,13,19). The van der Waals surface area contributed by atoms with Crippen LogP contribution in [0.4, 0.5) is 4.79 Å². The maximum atomic E-state index is 12.2.